The summed E-state index contributed by atoms with van der Waals surface area (Å²) in [6.45, 7) is 8.56. The molecule has 4 N–H and O–H groups in total. The lowest BCUT2D eigenvalue weighted by molar-refractivity contribution is -0.146. The number of carbonyl (C=O) groups is 4. The van der Waals surface area contributed by atoms with Crippen LogP contribution in [-0.2, 0) is 30.5 Å². The minimum Gasteiger partial charge on any atom is -0.462 e. The molecule has 0 aliphatic carbocycles. The molecule has 0 aromatic heterocycles. The molecule has 1 aromatic rings. The number of aliphatic hydroxyl groups excluding tert-OH is 1. The fraction of sp³-hybridized carbons (Fsp3) is 0.440. The molecule has 3 amide bonds. The standard InChI is InChI=1S/C25H35N3O7/c1-4-9-20(15-22(30)27-18(3)16-29)23(31)26-13-14-34-24(32)21(10-5-2)28-25(33)35-17-19-11-7-6-8-12-19/h4-8,11-12,18,20-21,29H,1-2,9-10,13-17H2,3H3,(H,26,31)(H,27,30)(H,28,33). The summed E-state index contributed by atoms with van der Waals surface area (Å²) in [5.41, 5.74) is 0.802. The molecule has 0 radical (unpaired) electrons. The van der Waals surface area contributed by atoms with Crippen LogP contribution in [0.1, 0.15) is 31.7 Å². The number of ether oxygens (including phenoxy) is 2. The molecule has 10 nitrogen and oxygen atoms in total. The SMILES string of the molecule is C=CCC(CC(=O)NC(C)CO)C(=O)NCCOC(=O)C(CC=C)NC(=O)OCc1ccccc1. The molecule has 192 valence electrons. The molecule has 0 heterocycles. The molecule has 35 heavy (non-hydrogen) atoms. The van der Waals surface area contributed by atoms with Crippen molar-refractivity contribution in [2.24, 2.45) is 5.92 Å². The number of nitrogens with one attached hydrogen (secondary N) is 3. The highest BCUT2D eigenvalue weighted by Gasteiger charge is 2.23. The maximum atomic E-state index is 12.4. The summed E-state index contributed by atoms with van der Waals surface area (Å²) in [5, 5.41) is 16.7. The minimum atomic E-state index is -0.989. The van der Waals surface area contributed by atoms with E-state index in [0.717, 1.165) is 5.56 Å². The predicted molar refractivity (Wildman–Crippen MR) is 130 cm³/mol. The van der Waals surface area contributed by atoms with E-state index >= 15 is 0 Å². The van der Waals surface area contributed by atoms with Gasteiger partial charge in [-0.3, -0.25) is 9.59 Å². The third-order valence-electron chi connectivity index (χ3n) is 4.77. The minimum absolute atomic E-state index is 0.0200. The van der Waals surface area contributed by atoms with E-state index in [2.05, 4.69) is 29.1 Å². The average Bonchev–Trinajstić information content (AvgIpc) is 2.85. The van der Waals surface area contributed by atoms with Gasteiger partial charge in [0.1, 0.15) is 19.3 Å². The number of aliphatic hydroxyl groups is 1. The van der Waals surface area contributed by atoms with Crippen LogP contribution in [0, 0.1) is 5.92 Å². The highest BCUT2D eigenvalue weighted by molar-refractivity contribution is 5.86. The monoisotopic (exact) mass is 489 g/mol. The first-order valence-corrected chi connectivity index (χ1v) is 11.3. The van der Waals surface area contributed by atoms with Gasteiger partial charge in [-0.25, -0.2) is 9.59 Å². The number of benzene rings is 1. The summed E-state index contributed by atoms with van der Waals surface area (Å²) in [4.78, 5) is 48.8. The molecular weight excluding hydrogens is 454 g/mol. The van der Waals surface area contributed by atoms with Gasteiger partial charge in [-0.15, -0.1) is 13.2 Å². The van der Waals surface area contributed by atoms with Gasteiger partial charge in [-0.1, -0.05) is 42.5 Å². The highest BCUT2D eigenvalue weighted by atomic mass is 16.6. The number of amides is 3. The molecule has 1 rings (SSSR count). The Bertz CT molecular complexity index is 845. The van der Waals surface area contributed by atoms with E-state index in [0.29, 0.717) is 0 Å². The zero-order chi connectivity index (χ0) is 26.1. The second-order valence-corrected chi connectivity index (χ2v) is 7.82. The Morgan fingerprint density at radius 1 is 1.03 bits per heavy atom. The number of esters is 1. The Kier molecular flexibility index (Phi) is 14.2. The molecule has 3 unspecified atom stereocenters. The van der Waals surface area contributed by atoms with Gasteiger partial charge in [-0.05, 0) is 25.3 Å². The summed E-state index contributed by atoms with van der Waals surface area (Å²) in [6.07, 6.45) is 2.57. The van der Waals surface area contributed by atoms with Gasteiger partial charge in [0, 0.05) is 12.5 Å². The topological polar surface area (TPSA) is 143 Å². The van der Waals surface area contributed by atoms with Crippen molar-refractivity contribution in [3.05, 3.63) is 61.2 Å². The molecule has 0 aliphatic heterocycles. The van der Waals surface area contributed by atoms with Crippen molar-refractivity contribution in [1.82, 2.24) is 16.0 Å². The van der Waals surface area contributed by atoms with Crippen LogP contribution >= 0.6 is 0 Å². The maximum absolute atomic E-state index is 12.4. The molecule has 0 fully saturated rings. The van der Waals surface area contributed by atoms with Crippen LogP contribution in [0.5, 0.6) is 0 Å². The number of hydrogen-bond acceptors (Lipinski definition) is 7. The molecule has 0 bridgehead atoms. The molecule has 10 heteroatoms. The fourth-order valence-electron chi connectivity index (χ4n) is 2.95. The first kappa shape index (κ1) is 29.4. The third kappa shape index (κ3) is 12.4. The number of rotatable bonds is 16. The number of alkyl carbamates (subject to hydrolysis) is 1. The maximum Gasteiger partial charge on any atom is 0.408 e. The molecule has 0 saturated heterocycles. The zero-order valence-corrected chi connectivity index (χ0v) is 20.0. The van der Waals surface area contributed by atoms with E-state index in [1.165, 1.54) is 12.2 Å². The first-order valence-electron chi connectivity index (χ1n) is 11.3. The van der Waals surface area contributed by atoms with E-state index in [-0.39, 0.29) is 51.5 Å². The average molecular weight is 490 g/mol. The van der Waals surface area contributed by atoms with Crippen LogP contribution in [0.25, 0.3) is 0 Å². The second-order valence-electron chi connectivity index (χ2n) is 7.82. The zero-order valence-electron chi connectivity index (χ0n) is 20.0. The Morgan fingerprint density at radius 2 is 1.71 bits per heavy atom. The predicted octanol–water partition coefficient (Wildman–Crippen LogP) is 1.60. The lowest BCUT2D eigenvalue weighted by atomic mass is 9.99. The molecule has 0 spiro atoms. The van der Waals surface area contributed by atoms with E-state index < -0.39 is 36.0 Å². The van der Waals surface area contributed by atoms with Gasteiger partial charge in [0.15, 0.2) is 0 Å². The number of carbonyl (C=O) groups excluding carboxylic acids is 4. The van der Waals surface area contributed by atoms with E-state index in [1.807, 2.05) is 18.2 Å². The van der Waals surface area contributed by atoms with Gasteiger partial charge < -0.3 is 30.5 Å². The van der Waals surface area contributed by atoms with Crippen molar-refractivity contribution in [1.29, 1.82) is 0 Å². The second kappa shape index (κ2) is 16.9. The van der Waals surface area contributed by atoms with Crippen molar-refractivity contribution in [3.8, 4) is 0 Å². The van der Waals surface area contributed by atoms with E-state index in [4.69, 9.17) is 14.6 Å². The largest absolute Gasteiger partial charge is 0.462 e. The summed E-state index contributed by atoms with van der Waals surface area (Å²) in [6, 6.07) is 7.69. The highest BCUT2D eigenvalue weighted by Crippen LogP contribution is 2.10. The lowest BCUT2D eigenvalue weighted by Crippen LogP contribution is -2.43. The number of allylic oxidation sites excluding steroid dienone is 1. The Balaban J connectivity index is 2.45. The van der Waals surface area contributed by atoms with Crippen molar-refractivity contribution >= 4 is 23.9 Å². The molecule has 0 saturated carbocycles. The molecule has 1 aromatic carbocycles. The van der Waals surface area contributed by atoms with Gasteiger partial charge in [-0.2, -0.15) is 0 Å². The van der Waals surface area contributed by atoms with Gasteiger partial charge in [0.2, 0.25) is 11.8 Å². The summed E-state index contributed by atoms with van der Waals surface area (Å²) >= 11 is 0. The van der Waals surface area contributed by atoms with Crippen LogP contribution in [0.15, 0.2) is 55.6 Å². The van der Waals surface area contributed by atoms with Crippen molar-refractivity contribution in [2.45, 2.75) is 44.9 Å². The normalized spacial score (nSPS) is 12.9. The van der Waals surface area contributed by atoms with Gasteiger partial charge >= 0.3 is 12.1 Å². The Labute approximate surface area is 205 Å². The molecular formula is C25H35N3O7. The van der Waals surface area contributed by atoms with Crippen LogP contribution in [0.3, 0.4) is 0 Å². The Hall–Kier alpha value is -3.66. The van der Waals surface area contributed by atoms with Crippen LogP contribution in [-0.4, -0.2) is 60.8 Å². The molecule has 0 aliphatic rings. The van der Waals surface area contributed by atoms with Crippen LogP contribution in [0.2, 0.25) is 0 Å². The van der Waals surface area contributed by atoms with Crippen molar-refractivity contribution < 1.29 is 33.8 Å². The third-order valence-corrected chi connectivity index (χ3v) is 4.77. The quantitative estimate of drug-likeness (QED) is 0.157. The lowest BCUT2D eigenvalue weighted by Gasteiger charge is -2.18. The van der Waals surface area contributed by atoms with Crippen molar-refractivity contribution in [3.63, 3.8) is 0 Å². The summed E-state index contributed by atoms with van der Waals surface area (Å²) < 4.78 is 10.3. The van der Waals surface area contributed by atoms with E-state index in [1.54, 1.807) is 19.1 Å². The number of hydrogen-bond donors (Lipinski definition) is 4. The van der Waals surface area contributed by atoms with Crippen molar-refractivity contribution in [2.75, 3.05) is 19.8 Å². The Morgan fingerprint density at radius 3 is 2.34 bits per heavy atom. The molecule has 3 atom stereocenters. The van der Waals surface area contributed by atoms with E-state index in [9.17, 15) is 19.2 Å². The summed E-state index contributed by atoms with van der Waals surface area (Å²) in [5.74, 6) is -2.10. The van der Waals surface area contributed by atoms with Crippen LogP contribution in [0.4, 0.5) is 4.79 Å². The van der Waals surface area contributed by atoms with Gasteiger partial charge in [0.25, 0.3) is 0 Å². The summed E-state index contributed by atoms with van der Waals surface area (Å²) in [7, 11) is 0. The first-order chi connectivity index (χ1) is 16.8. The van der Waals surface area contributed by atoms with Crippen LogP contribution < -0.4 is 16.0 Å². The smallest absolute Gasteiger partial charge is 0.408 e. The van der Waals surface area contributed by atoms with Gasteiger partial charge in [0.05, 0.1) is 19.1 Å². The fourth-order valence-corrected chi connectivity index (χ4v) is 2.95.